The summed E-state index contributed by atoms with van der Waals surface area (Å²) in [6.45, 7) is 8.65. The highest BCUT2D eigenvalue weighted by Crippen LogP contribution is 2.35. The molecule has 0 spiro atoms. The third kappa shape index (κ3) is 2.36. The van der Waals surface area contributed by atoms with Crippen molar-refractivity contribution < 1.29 is 9.47 Å². The van der Waals surface area contributed by atoms with E-state index >= 15 is 0 Å². The van der Waals surface area contributed by atoms with E-state index in [0.717, 1.165) is 21.5 Å². The fourth-order valence-corrected chi connectivity index (χ4v) is 2.90. The molecule has 2 aromatic heterocycles. The predicted molar refractivity (Wildman–Crippen MR) is 79.5 cm³/mol. The van der Waals surface area contributed by atoms with Gasteiger partial charge in [0.25, 0.3) is 0 Å². The molecule has 0 radical (unpaired) electrons. The number of imidazole rings is 1. The highest BCUT2D eigenvalue weighted by atomic mass is 79.9. The van der Waals surface area contributed by atoms with Crippen LogP contribution < -0.4 is 0 Å². The first-order valence-electron chi connectivity index (χ1n) is 6.72. The Hall–Kier alpha value is -0.980. The molecule has 5 nitrogen and oxygen atoms in total. The first-order chi connectivity index (χ1) is 9.37. The smallest absolute Gasteiger partial charge is 0.164 e. The summed E-state index contributed by atoms with van der Waals surface area (Å²) in [6.07, 6.45) is 1.64. The van der Waals surface area contributed by atoms with Crippen LogP contribution in [0.5, 0.6) is 0 Å². The summed E-state index contributed by atoms with van der Waals surface area (Å²) in [5, 5.41) is 0. The fourth-order valence-electron chi connectivity index (χ4n) is 2.58. The maximum absolute atomic E-state index is 5.95. The molecule has 2 aromatic rings. The highest BCUT2D eigenvalue weighted by molar-refractivity contribution is 9.10. The monoisotopic (exact) mass is 339 g/mol. The number of hydrogen-bond donors (Lipinski definition) is 0. The van der Waals surface area contributed by atoms with Crippen molar-refractivity contribution in [2.45, 2.75) is 45.6 Å². The minimum atomic E-state index is -0.552. The molecule has 1 aliphatic heterocycles. The Bertz CT molecular complexity index is 651. The summed E-state index contributed by atoms with van der Waals surface area (Å²) in [6, 6.07) is 2.28. The maximum atomic E-state index is 5.95. The maximum Gasteiger partial charge on any atom is 0.164 e. The van der Waals surface area contributed by atoms with Gasteiger partial charge in [0.05, 0.1) is 18.3 Å². The zero-order valence-electron chi connectivity index (χ0n) is 12.1. The van der Waals surface area contributed by atoms with E-state index in [1.165, 1.54) is 0 Å². The van der Waals surface area contributed by atoms with E-state index < -0.39 is 5.79 Å². The molecule has 1 aliphatic rings. The lowest BCUT2D eigenvalue weighted by Crippen LogP contribution is -2.20. The minimum Gasteiger partial charge on any atom is -0.347 e. The van der Waals surface area contributed by atoms with E-state index in [-0.39, 0.29) is 12.1 Å². The lowest BCUT2D eigenvalue weighted by Gasteiger charge is -2.19. The van der Waals surface area contributed by atoms with Gasteiger partial charge in [-0.1, -0.05) is 0 Å². The van der Waals surface area contributed by atoms with Gasteiger partial charge in [-0.25, -0.2) is 9.97 Å². The van der Waals surface area contributed by atoms with Crippen LogP contribution in [0.15, 0.2) is 16.9 Å². The second-order valence-corrected chi connectivity index (χ2v) is 6.56. The minimum absolute atomic E-state index is 0.140. The van der Waals surface area contributed by atoms with Crippen molar-refractivity contribution in [2.75, 3.05) is 6.61 Å². The van der Waals surface area contributed by atoms with Crippen LogP contribution >= 0.6 is 15.9 Å². The number of rotatable bonds is 2. The predicted octanol–water partition coefficient (Wildman–Crippen LogP) is 3.60. The summed E-state index contributed by atoms with van der Waals surface area (Å²) in [5.41, 5.74) is 1.94. The van der Waals surface area contributed by atoms with Gasteiger partial charge in [-0.15, -0.1) is 0 Å². The van der Waals surface area contributed by atoms with Gasteiger partial charge in [-0.05, 0) is 49.7 Å². The third-order valence-corrected chi connectivity index (χ3v) is 3.82. The first kappa shape index (κ1) is 14.0. The van der Waals surface area contributed by atoms with Crippen molar-refractivity contribution in [3.05, 3.63) is 22.7 Å². The van der Waals surface area contributed by atoms with Gasteiger partial charge in [-0.3, -0.25) is 0 Å². The molecule has 20 heavy (non-hydrogen) atoms. The SMILES string of the molecule is CC(C)n1c([C@H]2COC(C)(C)O2)nc2cnc(Br)cc21. The van der Waals surface area contributed by atoms with Crippen LogP contribution in [0.1, 0.15) is 45.7 Å². The third-order valence-electron chi connectivity index (χ3n) is 3.38. The van der Waals surface area contributed by atoms with Crippen LogP contribution in [0.25, 0.3) is 11.0 Å². The number of nitrogens with zero attached hydrogens (tertiary/aromatic N) is 3. The lowest BCUT2D eigenvalue weighted by molar-refractivity contribution is -0.140. The molecule has 0 bridgehead atoms. The molecule has 3 heterocycles. The molecule has 0 amide bonds. The van der Waals surface area contributed by atoms with Gasteiger partial charge in [0.1, 0.15) is 22.0 Å². The second kappa shape index (κ2) is 4.79. The molecular weight excluding hydrogens is 322 g/mol. The number of pyridine rings is 1. The molecule has 0 aromatic carbocycles. The molecule has 1 fully saturated rings. The molecule has 6 heteroatoms. The van der Waals surface area contributed by atoms with E-state index in [1.807, 2.05) is 19.9 Å². The molecular formula is C14H18BrN3O2. The number of aromatic nitrogens is 3. The van der Waals surface area contributed by atoms with Gasteiger partial charge in [-0.2, -0.15) is 0 Å². The van der Waals surface area contributed by atoms with Crippen LogP contribution in [0, 0.1) is 0 Å². The Morgan fingerprint density at radius 1 is 1.45 bits per heavy atom. The van der Waals surface area contributed by atoms with Crippen molar-refractivity contribution >= 4 is 27.0 Å². The highest BCUT2D eigenvalue weighted by Gasteiger charge is 2.36. The van der Waals surface area contributed by atoms with E-state index in [0.29, 0.717) is 6.61 Å². The van der Waals surface area contributed by atoms with Crippen LogP contribution in [0.2, 0.25) is 0 Å². The summed E-state index contributed by atoms with van der Waals surface area (Å²) in [5.74, 6) is 0.351. The average molecular weight is 340 g/mol. The summed E-state index contributed by atoms with van der Waals surface area (Å²) in [7, 11) is 0. The number of fused-ring (bicyclic) bond motifs is 1. The number of halogens is 1. The Morgan fingerprint density at radius 3 is 2.80 bits per heavy atom. The van der Waals surface area contributed by atoms with Crippen LogP contribution in [0.3, 0.4) is 0 Å². The van der Waals surface area contributed by atoms with Crippen LogP contribution in [0.4, 0.5) is 0 Å². The Balaban J connectivity index is 2.13. The molecule has 0 N–H and O–H groups in total. The van der Waals surface area contributed by atoms with Crippen molar-refractivity contribution in [3.63, 3.8) is 0 Å². The second-order valence-electron chi connectivity index (χ2n) is 5.75. The van der Waals surface area contributed by atoms with Gasteiger partial charge in [0.2, 0.25) is 0 Å². The van der Waals surface area contributed by atoms with Crippen molar-refractivity contribution in [1.29, 1.82) is 0 Å². The van der Waals surface area contributed by atoms with Gasteiger partial charge >= 0.3 is 0 Å². The van der Waals surface area contributed by atoms with Gasteiger partial charge < -0.3 is 14.0 Å². The topological polar surface area (TPSA) is 49.2 Å². The Kier molecular flexibility index (Phi) is 3.35. The Morgan fingerprint density at radius 2 is 2.20 bits per heavy atom. The van der Waals surface area contributed by atoms with Crippen molar-refractivity contribution in [3.8, 4) is 0 Å². The molecule has 1 saturated heterocycles. The zero-order valence-corrected chi connectivity index (χ0v) is 13.6. The number of ether oxygens (including phenoxy) is 2. The Labute approximate surface area is 126 Å². The average Bonchev–Trinajstić information content (AvgIpc) is 2.88. The lowest BCUT2D eigenvalue weighted by atomic mass is 10.3. The van der Waals surface area contributed by atoms with E-state index in [1.54, 1.807) is 6.20 Å². The zero-order chi connectivity index (χ0) is 14.5. The molecule has 0 aliphatic carbocycles. The molecule has 1 atom stereocenters. The quantitative estimate of drug-likeness (QED) is 0.784. The summed E-state index contributed by atoms with van der Waals surface area (Å²) in [4.78, 5) is 8.94. The van der Waals surface area contributed by atoms with Gasteiger partial charge in [0, 0.05) is 6.04 Å². The van der Waals surface area contributed by atoms with Crippen LogP contribution in [-0.2, 0) is 9.47 Å². The number of hydrogen-bond acceptors (Lipinski definition) is 4. The van der Waals surface area contributed by atoms with Gasteiger partial charge in [0.15, 0.2) is 5.79 Å². The van der Waals surface area contributed by atoms with Crippen molar-refractivity contribution in [2.24, 2.45) is 0 Å². The van der Waals surface area contributed by atoms with E-state index in [4.69, 9.17) is 14.5 Å². The normalized spacial score (nSPS) is 22.0. The first-order valence-corrected chi connectivity index (χ1v) is 7.52. The largest absolute Gasteiger partial charge is 0.347 e. The molecule has 0 saturated carbocycles. The van der Waals surface area contributed by atoms with E-state index in [2.05, 4.69) is 39.3 Å². The van der Waals surface area contributed by atoms with Crippen molar-refractivity contribution in [1.82, 2.24) is 14.5 Å². The molecule has 3 rings (SSSR count). The summed E-state index contributed by atoms with van der Waals surface area (Å²) >= 11 is 3.42. The van der Waals surface area contributed by atoms with Crippen LogP contribution in [-0.4, -0.2) is 26.9 Å². The molecule has 108 valence electrons. The van der Waals surface area contributed by atoms with E-state index in [9.17, 15) is 0 Å². The molecule has 0 unspecified atom stereocenters. The summed E-state index contributed by atoms with van der Waals surface area (Å²) < 4.78 is 14.6. The fraction of sp³-hybridized carbons (Fsp3) is 0.571. The standard InChI is InChI=1S/C14H18BrN3O2/c1-8(2)18-10-5-12(15)16-6-9(10)17-13(18)11-7-19-14(3,4)20-11/h5-6,8,11H,7H2,1-4H3/t11-/m1/s1.